The minimum atomic E-state index is -1.17. The lowest BCUT2D eigenvalue weighted by molar-refractivity contribution is -0.139. The lowest BCUT2D eigenvalue weighted by Gasteiger charge is -2.32. The number of rotatable bonds is 9. The van der Waals surface area contributed by atoms with E-state index < -0.39 is 17.9 Å². The average molecular weight is 522 g/mol. The van der Waals surface area contributed by atoms with Gasteiger partial charge in [0.15, 0.2) is 0 Å². The van der Waals surface area contributed by atoms with Gasteiger partial charge in [0.25, 0.3) is 5.91 Å². The molecule has 188 valence electrons. The van der Waals surface area contributed by atoms with Crippen molar-refractivity contribution in [3.8, 4) is 5.75 Å². The molecule has 1 aliphatic heterocycles. The summed E-state index contributed by atoms with van der Waals surface area (Å²) in [5.74, 6) is -1.03. The molecule has 8 nitrogen and oxygen atoms in total. The van der Waals surface area contributed by atoms with Crippen LogP contribution in [0.25, 0.3) is 0 Å². The number of hydrogen-bond acceptors (Lipinski definition) is 5. The molecular weight excluding hydrogens is 493 g/mol. The van der Waals surface area contributed by atoms with Crippen LogP contribution in [0.5, 0.6) is 5.75 Å². The van der Waals surface area contributed by atoms with Gasteiger partial charge in [-0.3, -0.25) is 9.59 Å². The van der Waals surface area contributed by atoms with E-state index in [1.54, 1.807) is 30.3 Å². The molecule has 0 radical (unpaired) electrons. The molecule has 1 atom stereocenters. The number of likely N-dealkylation sites (tertiary alicyclic amines) is 1. The summed E-state index contributed by atoms with van der Waals surface area (Å²) in [6.45, 7) is 1.71. The molecule has 0 spiro atoms. The number of hydrogen-bond donors (Lipinski definition) is 2. The third kappa shape index (κ3) is 7.59. The normalized spacial score (nSPS) is 15.1. The van der Waals surface area contributed by atoms with Crippen LogP contribution in [0.3, 0.4) is 0 Å². The Morgan fingerprint density at radius 3 is 2.23 bits per heavy atom. The molecule has 3 rings (SSSR count). The van der Waals surface area contributed by atoms with Crippen molar-refractivity contribution < 1.29 is 24.2 Å². The van der Waals surface area contributed by atoms with E-state index in [0.29, 0.717) is 25.4 Å². The second-order valence-corrected chi connectivity index (χ2v) is 9.56. The van der Waals surface area contributed by atoms with Crippen LogP contribution >= 0.6 is 23.2 Å². The van der Waals surface area contributed by atoms with Crippen LogP contribution in [0.2, 0.25) is 10.0 Å². The molecule has 2 amide bonds. The van der Waals surface area contributed by atoms with E-state index in [0.717, 1.165) is 18.4 Å². The highest BCUT2D eigenvalue weighted by Crippen LogP contribution is 2.24. The molecule has 0 unspecified atom stereocenters. The second-order valence-electron chi connectivity index (χ2n) is 8.74. The first-order chi connectivity index (χ1) is 16.6. The topological polar surface area (TPSA) is 99.2 Å². The third-order valence-corrected chi connectivity index (χ3v) is 6.34. The van der Waals surface area contributed by atoms with E-state index >= 15 is 0 Å². The van der Waals surface area contributed by atoms with Gasteiger partial charge in [0.05, 0.1) is 22.2 Å². The highest BCUT2D eigenvalue weighted by Gasteiger charge is 2.25. The Morgan fingerprint density at radius 1 is 1.09 bits per heavy atom. The second kappa shape index (κ2) is 12.2. The van der Waals surface area contributed by atoms with Crippen molar-refractivity contribution in [2.75, 3.05) is 33.7 Å². The number of halogens is 2. The Morgan fingerprint density at radius 2 is 1.69 bits per heavy atom. The number of ether oxygens (including phenoxy) is 1. The summed E-state index contributed by atoms with van der Waals surface area (Å²) in [4.78, 5) is 40.3. The fraction of sp³-hybridized carbons (Fsp3) is 0.400. The Bertz CT molecular complexity index is 1030. The number of aliphatic carboxylic acids is 1. The van der Waals surface area contributed by atoms with Crippen molar-refractivity contribution in [2.45, 2.75) is 31.4 Å². The first kappa shape index (κ1) is 26.8. The van der Waals surface area contributed by atoms with E-state index in [9.17, 15) is 19.5 Å². The minimum Gasteiger partial charge on any atom is -0.490 e. The lowest BCUT2D eigenvalue weighted by Crippen LogP contribution is -2.45. The Hall–Kier alpha value is -2.81. The van der Waals surface area contributed by atoms with Crippen molar-refractivity contribution in [3.05, 3.63) is 63.6 Å². The first-order valence-corrected chi connectivity index (χ1v) is 12.1. The van der Waals surface area contributed by atoms with Gasteiger partial charge < -0.3 is 25.0 Å². The minimum absolute atomic E-state index is 0.00989. The van der Waals surface area contributed by atoms with Gasteiger partial charge in [0.2, 0.25) is 5.91 Å². The maximum atomic E-state index is 12.6. The molecule has 0 saturated carbocycles. The molecule has 10 heteroatoms. The fourth-order valence-corrected chi connectivity index (χ4v) is 4.44. The summed E-state index contributed by atoms with van der Waals surface area (Å²) < 4.78 is 6.06. The summed E-state index contributed by atoms with van der Waals surface area (Å²) in [6.07, 6.45) is 1.59. The molecule has 2 aromatic rings. The summed E-state index contributed by atoms with van der Waals surface area (Å²) in [5.41, 5.74) is 0.764. The van der Waals surface area contributed by atoms with Crippen molar-refractivity contribution in [2.24, 2.45) is 0 Å². The van der Waals surface area contributed by atoms with E-state index in [1.165, 1.54) is 12.1 Å². The standard InChI is InChI=1S/C25H29Cl2N3O5/c1-29(2)15-22(31)30-12-10-18(11-13-30)35-17-8-6-16(7-9-17)14-21(25(33)34)28-24(32)23-19(26)4-3-5-20(23)27/h3-9,18,21H,10-15H2,1-2H3,(H,28,32)(H,33,34)/t21-/m0/s1. The number of carboxylic acid groups (broad SMARTS) is 1. The average Bonchev–Trinajstić information content (AvgIpc) is 2.79. The molecule has 1 heterocycles. The maximum absolute atomic E-state index is 12.6. The van der Waals surface area contributed by atoms with Crippen molar-refractivity contribution in [1.29, 1.82) is 0 Å². The number of nitrogens with zero attached hydrogens (tertiary/aromatic N) is 2. The molecule has 0 aromatic heterocycles. The number of piperidine rings is 1. The van der Waals surface area contributed by atoms with Crippen LogP contribution in [-0.2, 0) is 16.0 Å². The Labute approximate surface area is 214 Å². The molecule has 2 aromatic carbocycles. The van der Waals surface area contributed by atoms with Gasteiger partial charge in [-0.1, -0.05) is 41.4 Å². The zero-order chi connectivity index (χ0) is 25.5. The zero-order valence-electron chi connectivity index (χ0n) is 19.7. The van der Waals surface area contributed by atoms with Gasteiger partial charge in [0, 0.05) is 32.4 Å². The number of carboxylic acids is 1. The van der Waals surface area contributed by atoms with Crippen LogP contribution in [-0.4, -0.2) is 78.6 Å². The molecule has 0 aliphatic carbocycles. The number of amides is 2. The predicted octanol–water partition coefficient (Wildman–Crippen LogP) is 3.35. The maximum Gasteiger partial charge on any atom is 0.326 e. The van der Waals surface area contributed by atoms with E-state index in [2.05, 4.69) is 5.32 Å². The Kier molecular flexibility index (Phi) is 9.37. The monoisotopic (exact) mass is 521 g/mol. The summed E-state index contributed by atoms with van der Waals surface area (Å²) in [6, 6.07) is 10.6. The SMILES string of the molecule is CN(C)CC(=O)N1CCC(Oc2ccc(C[C@H](NC(=O)c3c(Cl)cccc3Cl)C(=O)O)cc2)CC1. The van der Waals surface area contributed by atoms with Gasteiger partial charge in [-0.25, -0.2) is 4.79 Å². The molecule has 1 aliphatic rings. The fourth-order valence-electron chi connectivity index (χ4n) is 3.87. The van der Waals surface area contributed by atoms with E-state index in [-0.39, 0.29) is 34.0 Å². The molecule has 1 saturated heterocycles. The van der Waals surface area contributed by atoms with Crippen LogP contribution in [0.4, 0.5) is 0 Å². The molecule has 35 heavy (non-hydrogen) atoms. The smallest absolute Gasteiger partial charge is 0.326 e. The zero-order valence-corrected chi connectivity index (χ0v) is 21.2. The van der Waals surface area contributed by atoms with E-state index in [4.69, 9.17) is 27.9 Å². The van der Waals surface area contributed by atoms with Crippen molar-refractivity contribution in [1.82, 2.24) is 15.1 Å². The largest absolute Gasteiger partial charge is 0.490 e. The molecule has 0 bridgehead atoms. The predicted molar refractivity (Wildman–Crippen MR) is 134 cm³/mol. The number of carbonyl (C=O) groups excluding carboxylic acids is 2. The van der Waals surface area contributed by atoms with Gasteiger partial charge >= 0.3 is 5.97 Å². The first-order valence-electron chi connectivity index (χ1n) is 11.3. The van der Waals surface area contributed by atoms with Crippen LogP contribution < -0.4 is 10.1 Å². The van der Waals surface area contributed by atoms with Crippen molar-refractivity contribution in [3.63, 3.8) is 0 Å². The lowest BCUT2D eigenvalue weighted by atomic mass is 10.0. The quantitative estimate of drug-likeness (QED) is 0.524. The number of likely N-dealkylation sites (N-methyl/N-ethyl adjacent to an activating group) is 1. The van der Waals surface area contributed by atoms with Crippen molar-refractivity contribution >= 4 is 41.0 Å². The Balaban J connectivity index is 1.54. The van der Waals surface area contributed by atoms with Gasteiger partial charge in [-0.2, -0.15) is 0 Å². The molecule has 1 fully saturated rings. The highest BCUT2D eigenvalue weighted by atomic mass is 35.5. The molecular formula is C25H29Cl2N3O5. The van der Waals surface area contributed by atoms with Crippen LogP contribution in [0.15, 0.2) is 42.5 Å². The van der Waals surface area contributed by atoms with E-state index in [1.807, 2.05) is 23.9 Å². The number of nitrogens with one attached hydrogen (secondary N) is 1. The molecule has 2 N–H and O–H groups in total. The summed E-state index contributed by atoms with van der Waals surface area (Å²) in [5, 5.41) is 12.4. The van der Waals surface area contributed by atoms with Crippen LogP contribution in [0.1, 0.15) is 28.8 Å². The van der Waals surface area contributed by atoms with Gasteiger partial charge in [0.1, 0.15) is 17.9 Å². The van der Waals surface area contributed by atoms with Gasteiger partial charge in [-0.15, -0.1) is 0 Å². The summed E-state index contributed by atoms with van der Waals surface area (Å²) in [7, 11) is 3.75. The summed E-state index contributed by atoms with van der Waals surface area (Å²) >= 11 is 12.1. The number of carbonyl (C=O) groups is 3. The van der Waals surface area contributed by atoms with Gasteiger partial charge in [-0.05, 0) is 43.9 Å². The highest BCUT2D eigenvalue weighted by molar-refractivity contribution is 6.39. The number of benzene rings is 2. The van der Waals surface area contributed by atoms with Crippen LogP contribution in [0, 0.1) is 0 Å². The third-order valence-electron chi connectivity index (χ3n) is 5.71.